The van der Waals surface area contributed by atoms with Crippen LogP contribution in [0.1, 0.15) is 29.3 Å². The molecular formula is C17H17BrN2O3. The van der Waals surface area contributed by atoms with Gasteiger partial charge in [-0.15, -0.1) is 0 Å². The normalized spacial score (nSPS) is 10.7. The second kappa shape index (κ2) is 8.33. The number of carbonyl (C=O) groups excluding carboxylic acids is 1. The molecular weight excluding hydrogens is 360 g/mol. The van der Waals surface area contributed by atoms with Crippen LogP contribution in [0.25, 0.3) is 0 Å². The van der Waals surface area contributed by atoms with Crippen LogP contribution in [0.4, 0.5) is 0 Å². The van der Waals surface area contributed by atoms with E-state index in [2.05, 4.69) is 26.5 Å². The van der Waals surface area contributed by atoms with Gasteiger partial charge in [0.15, 0.2) is 0 Å². The number of amides is 1. The summed E-state index contributed by atoms with van der Waals surface area (Å²) in [6.07, 6.45) is 2.44. The van der Waals surface area contributed by atoms with E-state index < -0.39 is 0 Å². The summed E-state index contributed by atoms with van der Waals surface area (Å²) < 4.78 is 6.03. The molecule has 0 spiro atoms. The zero-order chi connectivity index (χ0) is 16.7. The van der Waals surface area contributed by atoms with Crippen molar-refractivity contribution in [3.63, 3.8) is 0 Å². The third-order valence-electron chi connectivity index (χ3n) is 2.94. The molecule has 5 nitrogen and oxygen atoms in total. The molecule has 23 heavy (non-hydrogen) atoms. The summed E-state index contributed by atoms with van der Waals surface area (Å²) in [4.78, 5) is 12.0. The Bertz CT molecular complexity index is 699. The number of hydrazone groups is 1. The maximum atomic E-state index is 12.0. The number of phenolic OH excluding ortho intramolecular Hbond substituents is 1. The number of nitrogens with zero attached hydrogens (tertiary/aromatic N) is 1. The third-order valence-corrected chi connectivity index (χ3v) is 3.58. The van der Waals surface area contributed by atoms with E-state index in [0.717, 1.165) is 17.7 Å². The first-order valence-corrected chi connectivity index (χ1v) is 7.94. The quantitative estimate of drug-likeness (QED) is 0.596. The van der Waals surface area contributed by atoms with E-state index in [1.807, 2.05) is 6.92 Å². The van der Waals surface area contributed by atoms with Crippen LogP contribution in [0.3, 0.4) is 0 Å². The molecule has 2 aromatic rings. The highest BCUT2D eigenvalue weighted by Gasteiger charge is 2.04. The SMILES string of the molecule is CCCOc1ccc(C(=O)N/N=C\c2ccc(O)c(Br)c2)cc1. The van der Waals surface area contributed by atoms with Crippen molar-refractivity contribution in [2.75, 3.05) is 6.61 Å². The van der Waals surface area contributed by atoms with Gasteiger partial charge in [0.05, 0.1) is 17.3 Å². The van der Waals surface area contributed by atoms with Gasteiger partial charge in [-0.2, -0.15) is 5.10 Å². The maximum Gasteiger partial charge on any atom is 0.271 e. The minimum Gasteiger partial charge on any atom is -0.507 e. The van der Waals surface area contributed by atoms with Crippen LogP contribution < -0.4 is 10.2 Å². The molecule has 0 heterocycles. The first-order chi connectivity index (χ1) is 11.1. The van der Waals surface area contributed by atoms with Crippen molar-refractivity contribution < 1.29 is 14.6 Å². The summed E-state index contributed by atoms with van der Waals surface area (Å²) in [7, 11) is 0. The van der Waals surface area contributed by atoms with E-state index in [-0.39, 0.29) is 11.7 Å². The minimum absolute atomic E-state index is 0.150. The largest absolute Gasteiger partial charge is 0.507 e. The average molecular weight is 377 g/mol. The van der Waals surface area contributed by atoms with E-state index in [1.54, 1.807) is 42.5 Å². The molecule has 0 atom stereocenters. The monoisotopic (exact) mass is 376 g/mol. The van der Waals surface area contributed by atoms with Gasteiger partial charge in [0.25, 0.3) is 5.91 Å². The fourth-order valence-corrected chi connectivity index (χ4v) is 2.15. The molecule has 6 heteroatoms. The Kier molecular flexibility index (Phi) is 6.17. The van der Waals surface area contributed by atoms with Crippen LogP contribution in [0.2, 0.25) is 0 Å². The summed E-state index contributed by atoms with van der Waals surface area (Å²) in [5.41, 5.74) is 3.70. The summed E-state index contributed by atoms with van der Waals surface area (Å²) in [5, 5.41) is 13.3. The number of rotatable bonds is 6. The molecule has 0 bridgehead atoms. The first kappa shape index (κ1) is 17.0. The molecule has 0 aromatic heterocycles. The summed E-state index contributed by atoms with van der Waals surface area (Å²) in [6, 6.07) is 11.8. The zero-order valence-electron chi connectivity index (χ0n) is 12.6. The molecule has 0 saturated carbocycles. The van der Waals surface area contributed by atoms with Crippen molar-refractivity contribution >= 4 is 28.1 Å². The highest BCUT2D eigenvalue weighted by molar-refractivity contribution is 9.10. The molecule has 0 aliphatic heterocycles. The summed E-state index contributed by atoms with van der Waals surface area (Å²) in [6.45, 7) is 2.69. The molecule has 0 aliphatic rings. The minimum atomic E-state index is -0.305. The number of phenols is 1. The Balaban J connectivity index is 1.93. The molecule has 2 aromatic carbocycles. The van der Waals surface area contributed by atoms with Crippen LogP contribution in [0.5, 0.6) is 11.5 Å². The molecule has 2 rings (SSSR count). The smallest absolute Gasteiger partial charge is 0.271 e. The van der Waals surface area contributed by atoms with Crippen LogP contribution in [0, 0.1) is 0 Å². The van der Waals surface area contributed by atoms with Gasteiger partial charge in [0.1, 0.15) is 11.5 Å². The molecule has 120 valence electrons. The topological polar surface area (TPSA) is 70.9 Å². The number of carbonyl (C=O) groups is 1. The Hall–Kier alpha value is -2.34. The van der Waals surface area contributed by atoms with Crippen molar-refractivity contribution in [3.05, 3.63) is 58.1 Å². The van der Waals surface area contributed by atoms with Crippen molar-refractivity contribution in [3.8, 4) is 11.5 Å². The second-order valence-corrected chi connectivity index (χ2v) is 5.64. The van der Waals surface area contributed by atoms with E-state index >= 15 is 0 Å². The highest BCUT2D eigenvalue weighted by atomic mass is 79.9. The second-order valence-electron chi connectivity index (χ2n) is 4.78. The van der Waals surface area contributed by atoms with Gasteiger partial charge in [-0.05, 0) is 70.4 Å². The average Bonchev–Trinajstić information content (AvgIpc) is 2.56. The number of hydrogen-bond donors (Lipinski definition) is 2. The number of nitrogens with one attached hydrogen (secondary N) is 1. The standard InChI is InChI=1S/C17H17BrN2O3/c1-2-9-23-14-6-4-13(5-7-14)17(22)20-19-11-12-3-8-16(21)15(18)10-12/h3-8,10-11,21H,2,9H2,1H3,(H,20,22)/b19-11-. The summed E-state index contributed by atoms with van der Waals surface area (Å²) in [5.74, 6) is 0.582. The predicted octanol–water partition coefficient (Wildman–Crippen LogP) is 3.71. The number of benzene rings is 2. The van der Waals surface area contributed by atoms with Gasteiger partial charge >= 0.3 is 0 Å². The molecule has 2 N–H and O–H groups in total. The first-order valence-electron chi connectivity index (χ1n) is 7.15. The molecule has 0 radical (unpaired) electrons. The molecule has 0 aliphatic carbocycles. The fourth-order valence-electron chi connectivity index (χ4n) is 1.76. The fraction of sp³-hybridized carbons (Fsp3) is 0.176. The van der Waals surface area contributed by atoms with Gasteiger partial charge in [0, 0.05) is 5.56 Å². The molecule has 0 saturated heterocycles. The lowest BCUT2D eigenvalue weighted by molar-refractivity contribution is 0.0955. The number of halogens is 1. The number of hydrogen-bond acceptors (Lipinski definition) is 4. The molecule has 0 fully saturated rings. The number of ether oxygens (including phenoxy) is 1. The lowest BCUT2D eigenvalue weighted by Gasteiger charge is -2.05. The molecule has 1 amide bonds. The van der Waals surface area contributed by atoms with Crippen molar-refractivity contribution in [2.24, 2.45) is 5.10 Å². The lowest BCUT2D eigenvalue weighted by atomic mass is 10.2. The van der Waals surface area contributed by atoms with Crippen LogP contribution >= 0.6 is 15.9 Å². The Morgan fingerprint density at radius 2 is 2.04 bits per heavy atom. The Labute approximate surface area is 143 Å². The van der Waals surface area contributed by atoms with Crippen LogP contribution in [-0.2, 0) is 0 Å². The van der Waals surface area contributed by atoms with Gasteiger partial charge < -0.3 is 9.84 Å². The maximum absolute atomic E-state index is 12.0. The van der Waals surface area contributed by atoms with E-state index in [4.69, 9.17) is 4.74 Å². The zero-order valence-corrected chi connectivity index (χ0v) is 14.2. The molecule has 0 unspecified atom stereocenters. The van der Waals surface area contributed by atoms with Crippen LogP contribution in [-0.4, -0.2) is 23.8 Å². The van der Waals surface area contributed by atoms with Crippen molar-refractivity contribution in [1.29, 1.82) is 0 Å². The van der Waals surface area contributed by atoms with Crippen molar-refractivity contribution in [2.45, 2.75) is 13.3 Å². The third kappa shape index (κ3) is 5.10. The van der Waals surface area contributed by atoms with Gasteiger partial charge in [-0.25, -0.2) is 5.43 Å². The highest BCUT2D eigenvalue weighted by Crippen LogP contribution is 2.23. The Morgan fingerprint density at radius 3 is 2.70 bits per heavy atom. The van der Waals surface area contributed by atoms with Crippen molar-refractivity contribution in [1.82, 2.24) is 5.43 Å². The predicted molar refractivity (Wildman–Crippen MR) is 93.1 cm³/mol. The van der Waals surface area contributed by atoms with Gasteiger partial charge in [0.2, 0.25) is 0 Å². The van der Waals surface area contributed by atoms with Gasteiger partial charge in [-0.1, -0.05) is 6.92 Å². The Morgan fingerprint density at radius 1 is 1.30 bits per heavy atom. The lowest BCUT2D eigenvalue weighted by Crippen LogP contribution is -2.17. The van der Waals surface area contributed by atoms with E-state index in [9.17, 15) is 9.90 Å². The number of aromatic hydroxyl groups is 1. The summed E-state index contributed by atoms with van der Waals surface area (Å²) >= 11 is 3.22. The van der Waals surface area contributed by atoms with Gasteiger partial charge in [-0.3, -0.25) is 4.79 Å². The van der Waals surface area contributed by atoms with E-state index in [1.165, 1.54) is 6.21 Å². The van der Waals surface area contributed by atoms with E-state index in [0.29, 0.717) is 16.6 Å². The van der Waals surface area contributed by atoms with Crippen LogP contribution in [0.15, 0.2) is 52.0 Å².